The summed E-state index contributed by atoms with van der Waals surface area (Å²) in [6.07, 6.45) is 3.60. The number of hydrogen-bond donors (Lipinski definition) is 1. The van der Waals surface area contributed by atoms with Crippen molar-refractivity contribution in [3.63, 3.8) is 0 Å². The van der Waals surface area contributed by atoms with Gasteiger partial charge in [-0.3, -0.25) is 4.79 Å². The van der Waals surface area contributed by atoms with E-state index in [2.05, 4.69) is 10.4 Å². The fourth-order valence-electron chi connectivity index (χ4n) is 4.07. The molecule has 33 heavy (non-hydrogen) atoms. The minimum Gasteiger partial charge on any atom is -0.489 e. The monoisotopic (exact) mass is 467 g/mol. The number of aryl methyl sites for hydroxylation is 2. The minimum atomic E-state index is -0.118. The second-order valence-corrected chi connectivity index (χ2v) is 8.92. The maximum absolute atomic E-state index is 12.9. The largest absolute Gasteiger partial charge is 0.489 e. The van der Waals surface area contributed by atoms with E-state index in [1.54, 1.807) is 0 Å². The molecule has 1 aromatic heterocycles. The molecule has 1 aliphatic rings. The first kappa shape index (κ1) is 23.3. The lowest BCUT2D eigenvalue weighted by molar-refractivity contribution is -0.115. The van der Waals surface area contributed by atoms with Gasteiger partial charge in [0.25, 0.3) is 0 Å². The Hall–Kier alpha value is -2.83. The van der Waals surface area contributed by atoms with Crippen LogP contribution >= 0.6 is 11.6 Å². The summed E-state index contributed by atoms with van der Waals surface area (Å²) in [5, 5.41) is 8.34. The zero-order chi connectivity index (χ0) is 23.4. The van der Waals surface area contributed by atoms with Crippen molar-refractivity contribution < 1.29 is 14.3 Å². The number of nitrogens with zero attached hydrogens (tertiary/aromatic N) is 2. The molecule has 1 aliphatic heterocycles. The molecule has 0 aliphatic carbocycles. The van der Waals surface area contributed by atoms with Gasteiger partial charge >= 0.3 is 0 Å². The van der Waals surface area contributed by atoms with Crippen molar-refractivity contribution in [2.75, 3.05) is 18.5 Å². The molecule has 1 fully saturated rings. The van der Waals surface area contributed by atoms with Crippen molar-refractivity contribution in [1.82, 2.24) is 9.78 Å². The topological polar surface area (TPSA) is 65.4 Å². The molecule has 0 bridgehead atoms. The summed E-state index contributed by atoms with van der Waals surface area (Å²) < 4.78 is 13.6. The number of benzene rings is 2. The van der Waals surface area contributed by atoms with Crippen molar-refractivity contribution in [2.24, 2.45) is 0 Å². The quantitative estimate of drug-likeness (QED) is 0.492. The minimum absolute atomic E-state index is 0.105. The number of carbonyl (C=O) groups excluding carboxylic acids is 1. The molecule has 6 nitrogen and oxygen atoms in total. The smallest absolute Gasteiger partial charge is 0.229 e. The molecular formula is C26H30ClN3O3. The third kappa shape index (κ3) is 5.57. The summed E-state index contributed by atoms with van der Waals surface area (Å²) in [6, 6.07) is 13.3. The SMILES string of the molecule is Cc1ccc(-n2nc(C)c(CC(=O)Nc3ccccc3OCC3CCCCO3)c2C)cc1Cl. The molecule has 1 saturated heterocycles. The summed E-state index contributed by atoms with van der Waals surface area (Å²) in [5.41, 5.74) is 5.18. The van der Waals surface area contributed by atoms with Crippen molar-refractivity contribution >= 4 is 23.2 Å². The van der Waals surface area contributed by atoms with E-state index in [0.29, 0.717) is 23.1 Å². The molecule has 2 aromatic carbocycles. The van der Waals surface area contributed by atoms with E-state index in [1.165, 1.54) is 0 Å². The van der Waals surface area contributed by atoms with Gasteiger partial charge in [-0.1, -0.05) is 29.8 Å². The van der Waals surface area contributed by atoms with Crippen LogP contribution in [0.2, 0.25) is 5.02 Å². The van der Waals surface area contributed by atoms with E-state index < -0.39 is 0 Å². The van der Waals surface area contributed by atoms with Crippen LogP contribution < -0.4 is 10.1 Å². The van der Waals surface area contributed by atoms with Gasteiger partial charge in [0, 0.05) is 22.9 Å². The number of ether oxygens (including phenoxy) is 2. The molecule has 174 valence electrons. The van der Waals surface area contributed by atoms with Gasteiger partial charge in [-0.05, 0) is 69.9 Å². The van der Waals surface area contributed by atoms with Gasteiger partial charge in [0.05, 0.1) is 29.6 Å². The van der Waals surface area contributed by atoms with Crippen molar-refractivity contribution in [1.29, 1.82) is 0 Å². The molecule has 1 amide bonds. The highest BCUT2D eigenvalue weighted by Crippen LogP contribution is 2.27. The van der Waals surface area contributed by atoms with Crippen LogP contribution in [0.1, 0.15) is 41.8 Å². The molecule has 1 atom stereocenters. The predicted octanol–water partition coefficient (Wildman–Crippen LogP) is 5.58. The number of rotatable bonds is 7. The molecular weight excluding hydrogens is 438 g/mol. The van der Waals surface area contributed by atoms with Crippen LogP contribution in [0.25, 0.3) is 5.69 Å². The molecule has 3 aromatic rings. The van der Waals surface area contributed by atoms with Gasteiger partial charge in [0.1, 0.15) is 12.4 Å². The first-order valence-corrected chi connectivity index (χ1v) is 11.7. The predicted molar refractivity (Wildman–Crippen MR) is 131 cm³/mol. The highest BCUT2D eigenvalue weighted by atomic mass is 35.5. The summed E-state index contributed by atoms with van der Waals surface area (Å²) in [5.74, 6) is 0.533. The van der Waals surface area contributed by atoms with E-state index in [1.807, 2.05) is 67.9 Å². The highest BCUT2D eigenvalue weighted by molar-refractivity contribution is 6.31. The molecule has 0 radical (unpaired) electrons. The second-order valence-electron chi connectivity index (χ2n) is 8.52. The summed E-state index contributed by atoms with van der Waals surface area (Å²) in [6.45, 7) is 7.12. The summed E-state index contributed by atoms with van der Waals surface area (Å²) in [7, 11) is 0. The number of hydrogen-bond acceptors (Lipinski definition) is 4. The Morgan fingerprint density at radius 2 is 2.03 bits per heavy atom. The number of para-hydroxylation sites is 2. The number of nitrogens with one attached hydrogen (secondary N) is 1. The fraction of sp³-hybridized carbons (Fsp3) is 0.385. The number of carbonyl (C=O) groups is 1. The second kappa shape index (κ2) is 10.4. The average molecular weight is 468 g/mol. The first-order valence-electron chi connectivity index (χ1n) is 11.4. The number of amides is 1. The molecule has 0 spiro atoms. The Balaban J connectivity index is 1.45. The molecule has 1 unspecified atom stereocenters. The molecule has 2 heterocycles. The fourth-order valence-corrected chi connectivity index (χ4v) is 4.24. The van der Waals surface area contributed by atoms with Gasteiger partial charge in [0.15, 0.2) is 0 Å². The Morgan fingerprint density at radius 3 is 2.79 bits per heavy atom. The van der Waals surface area contributed by atoms with Crippen LogP contribution in [0.15, 0.2) is 42.5 Å². The molecule has 7 heteroatoms. The van der Waals surface area contributed by atoms with Crippen LogP contribution in [-0.4, -0.2) is 35.0 Å². The van der Waals surface area contributed by atoms with E-state index in [9.17, 15) is 4.79 Å². The molecule has 4 rings (SSSR count). The van der Waals surface area contributed by atoms with E-state index in [4.69, 9.17) is 21.1 Å². The van der Waals surface area contributed by atoms with Crippen molar-refractivity contribution in [2.45, 2.75) is 52.6 Å². The van der Waals surface area contributed by atoms with Gasteiger partial charge in [-0.15, -0.1) is 0 Å². The van der Waals surface area contributed by atoms with Crippen LogP contribution in [-0.2, 0) is 16.0 Å². The Labute approximate surface area is 199 Å². The number of halogens is 1. The average Bonchev–Trinajstić information content (AvgIpc) is 3.09. The van der Waals surface area contributed by atoms with Crippen molar-refractivity contribution in [3.8, 4) is 11.4 Å². The lowest BCUT2D eigenvalue weighted by Gasteiger charge is -2.23. The van der Waals surface area contributed by atoms with Gasteiger partial charge < -0.3 is 14.8 Å². The zero-order valence-corrected chi connectivity index (χ0v) is 20.1. The highest BCUT2D eigenvalue weighted by Gasteiger charge is 2.19. The normalized spacial score (nSPS) is 15.9. The van der Waals surface area contributed by atoms with Crippen molar-refractivity contribution in [3.05, 3.63) is 70.0 Å². The summed E-state index contributed by atoms with van der Waals surface area (Å²) in [4.78, 5) is 12.9. The van der Waals surface area contributed by atoms with E-state index in [0.717, 1.165) is 54.1 Å². The van der Waals surface area contributed by atoms with Crippen LogP contribution in [0, 0.1) is 20.8 Å². The van der Waals surface area contributed by atoms with Crippen LogP contribution in [0.3, 0.4) is 0 Å². The number of aromatic nitrogens is 2. The molecule has 0 saturated carbocycles. The third-order valence-electron chi connectivity index (χ3n) is 6.04. The first-order chi connectivity index (χ1) is 15.9. The van der Waals surface area contributed by atoms with Gasteiger partial charge in [-0.2, -0.15) is 5.10 Å². The zero-order valence-electron chi connectivity index (χ0n) is 19.4. The lowest BCUT2D eigenvalue weighted by Crippen LogP contribution is -2.26. The van der Waals surface area contributed by atoms with E-state index in [-0.39, 0.29) is 18.4 Å². The maximum Gasteiger partial charge on any atom is 0.229 e. The maximum atomic E-state index is 12.9. The lowest BCUT2D eigenvalue weighted by atomic mass is 10.1. The summed E-state index contributed by atoms with van der Waals surface area (Å²) >= 11 is 6.30. The molecule has 1 N–H and O–H groups in total. The Morgan fingerprint density at radius 1 is 1.21 bits per heavy atom. The number of anilines is 1. The third-order valence-corrected chi connectivity index (χ3v) is 6.45. The van der Waals surface area contributed by atoms with Gasteiger partial charge in [-0.25, -0.2) is 4.68 Å². The van der Waals surface area contributed by atoms with Gasteiger partial charge in [0.2, 0.25) is 5.91 Å². The van der Waals surface area contributed by atoms with Crippen LogP contribution in [0.5, 0.6) is 5.75 Å². The Bertz CT molecular complexity index is 1140. The standard InChI is InChI=1S/C26H30ClN3O3/c1-17-11-12-20(14-23(17)27)30-19(3)22(18(2)29-30)15-26(31)28-24-9-4-5-10-25(24)33-16-21-8-6-7-13-32-21/h4-5,9-12,14,21H,6-8,13,15-16H2,1-3H3,(H,28,31). The van der Waals surface area contributed by atoms with Crippen LogP contribution in [0.4, 0.5) is 5.69 Å². The Kier molecular flexibility index (Phi) is 7.36. The van der Waals surface area contributed by atoms with E-state index >= 15 is 0 Å².